The van der Waals surface area contributed by atoms with Crippen molar-refractivity contribution in [2.24, 2.45) is 5.10 Å². The number of aromatic nitrogens is 1. The molecule has 0 bridgehead atoms. The molecule has 6 nitrogen and oxygen atoms in total. The predicted molar refractivity (Wildman–Crippen MR) is 75.9 cm³/mol. The molecule has 1 aromatic carbocycles. The molecule has 4 N–H and O–H groups in total. The third kappa shape index (κ3) is 1.52. The van der Waals surface area contributed by atoms with E-state index in [1.807, 2.05) is 29.6 Å². The molecule has 4 rings (SSSR count). The van der Waals surface area contributed by atoms with Crippen molar-refractivity contribution in [2.45, 2.75) is 0 Å². The van der Waals surface area contributed by atoms with Crippen LogP contribution in [-0.4, -0.2) is 10.8 Å². The van der Waals surface area contributed by atoms with Crippen LogP contribution in [-0.2, 0) is 0 Å². The third-order valence-corrected chi connectivity index (χ3v) is 4.05. The maximum Gasteiger partial charge on any atom is 0.257 e. The molecule has 94 valence electrons. The van der Waals surface area contributed by atoms with Gasteiger partial charge in [0.25, 0.3) is 5.56 Å². The van der Waals surface area contributed by atoms with Gasteiger partial charge in [-0.05, 0) is 17.5 Å². The summed E-state index contributed by atoms with van der Waals surface area (Å²) in [6, 6.07) is 7.74. The summed E-state index contributed by atoms with van der Waals surface area (Å²) in [5, 5.41) is 7.77. The summed E-state index contributed by atoms with van der Waals surface area (Å²) in [5.41, 5.74) is 9.84. The van der Waals surface area contributed by atoms with Crippen LogP contribution in [0, 0.1) is 0 Å². The maximum atomic E-state index is 12.0. The van der Waals surface area contributed by atoms with E-state index in [1.165, 1.54) is 0 Å². The molecule has 7 heteroatoms. The highest BCUT2D eigenvalue weighted by Gasteiger charge is 2.11. The highest BCUT2D eigenvalue weighted by molar-refractivity contribution is 7.18. The second-order valence-electron chi connectivity index (χ2n) is 4.20. The Balaban J connectivity index is 2.03. The number of hydrazone groups is 1. The zero-order chi connectivity index (χ0) is 12.8. The summed E-state index contributed by atoms with van der Waals surface area (Å²) in [6.45, 7) is 0. The van der Waals surface area contributed by atoms with Crippen LogP contribution in [0.15, 0.2) is 39.5 Å². The number of aromatic amines is 1. The molecule has 0 saturated heterocycles. The van der Waals surface area contributed by atoms with Gasteiger partial charge in [0, 0.05) is 15.6 Å². The fraction of sp³-hybridized carbons (Fsp3) is 0. The largest absolute Gasteiger partial charge is 0.321 e. The lowest BCUT2D eigenvalue weighted by Gasteiger charge is -2.04. The summed E-state index contributed by atoms with van der Waals surface area (Å²) in [4.78, 5) is 14.9. The van der Waals surface area contributed by atoms with Crippen LogP contribution in [0.1, 0.15) is 5.56 Å². The molecular weight excluding hydrogens is 262 g/mol. The van der Waals surface area contributed by atoms with Gasteiger partial charge in [0.2, 0.25) is 0 Å². The molecule has 1 aliphatic heterocycles. The molecular formula is C12H9N5OS. The van der Waals surface area contributed by atoms with E-state index in [4.69, 9.17) is 0 Å². The average Bonchev–Trinajstić information content (AvgIpc) is 3.10. The normalized spacial score (nSPS) is 14.4. The summed E-state index contributed by atoms with van der Waals surface area (Å²) in [7, 11) is 0. The first-order chi connectivity index (χ1) is 9.33. The Bertz CT molecular complexity index is 879. The standard InChI is InChI=1S/C12H9N5OS/c18-12-8-3-4-19-10(8)7-2-1-6(5-9(7)13-12)11-14-16-17-15-11/h1-5,16-17H,(H,13,18)(H,14,15). The molecule has 0 aliphatic carbocycles. The number of thiophene rings is 1. The van der Waals surface area contributed by atoms with E-state index >= 15 is 0 Å². The quantitative estimate of drug-likeness (QED) is 0.532. The van der Waals surface area contributed by atoms with Gasteiger partial charge in [0.05, 0.1) is 10.9 Å². The minimum Gasteiger partial charge on any atom is -0.321 e. The van der Waals surface area contributed by atoms with Gasteiger partial charge in [-0.25, -0.2) is 5.53 Å². The van der Waals surface area contributed by atoms with E-state index in [9.17, 15) is 4.79 Å². The van der Waals surface area contributed by atoms with E-state index in [1.54, 1.807) is 11.3 Å². The zero-order valence-corrected chi connectivity index (χ0v) is 10.5. The minimum absolute atomic E-state index is 0.0570. The van der Waals surface area contributed by atoms with Gasteiger partial charge >= 0.3 is 0 Å². The maximum absolute atomic E-state index is 12.0. The van der Waals surface area contributed by atoms with Crippen molar-refractivity contribution in [3.63, 3.8) is 0 Å². The molecule has 3 heterocycles. The molecule has 1 aliphatic rings. The Kier molecular flexibility index (Phi) is 2.11. The van der Waals surface area contributed by atoms with Crippen LogP contribution in [0.2, 0.25) is 0 Å². The molecule has 0 unspecified atom stereocenters. The van der Waals surface area contributed by atoms with Crippen LogP contribution in [0.25, 0.3) is 21.0 Å². The Morgan fingerprint density at radius 1 is 1.16 bits per heavy atom. The Labute approximate surface area is 111 Å². The lowest BCUT2D eigenvalue weighted by molar-refractivity contribution is 0.577. The molecule has 0 atom stereocenters. The van der Waals surface area contributed by atoms with Crippen molar-refractivity contribution >= 4 is 38.2 Å². The Hall–Kier alpha value is -2.38. The van der Waals surface area contributed by atoms with E-state index in [2.05, 4.69) is 26.6 Å². The predicted octanol–water partition coefficient (Wildman–Crippen LogP) is 1.02. The van der Waals surface area contributed by atoms with E-state index in [0.29, 0.717) is 5.84 Å². The van der Waals surface area contributed by atoms with Crippen LogP contribution in [0.5, 0.6) is 0 Å². The fourth-order valence-corrected chi connectivity index (χ4v) is 3.15. The Morgan fingerprint density at radius 2 is 2.11 bits per heavy atom. The summed E-state index contributed by atoms with van der Waals surface area (Å²) in [6.07, 6.45) is 0. The fourth-order valence-electron chi connectivity index (χ4n) is 2.21. The molecule has 2 aromatic heterocycles. The third-order valence-electron chi connectivity index (χ3n) is 3.10. The SMILES string of the molecule is O=c1[nH]c2cc(C3=NNNN3)ccc2c2sccc12. The molecule has 0 saturated carbocycles. The second-order valence-corrected chi connectivity index (χ2v) is 5.12. The topological polar surface area (TPSA) is 81.3 Å². The number of nitrogens with one attached hydrogen (secondary N) is 4. The lowest BCUT2D eigenvalue weighted by Crippen LogP contribution is -2.35. The molecule has 0 amide bonds. The number of hydrogen-bond acceptors (Lipinski definition) is 6. The van der Waals surface area contributed by atoms with Gasteiger partial charge in [0.1, 0.15) is 0 Å². The monoisotopic (exact) mass is 271 g/mol. The highest BCUT2D eigenvalue weighted by Crippen LogP contribution is 2.26. The highest BCUT2D eigenvalue weighted by atomic mass is 32.1. The first-order valence-corrected chi connectivity index (χ1v) is 6.58. The summed E-state index contributed by atoms with van der Waals surface area (Å²) < 4.78 is 1.02. The van der Waals surface area contributed by atoms with Crippen LogP contribution in [0.3, 0.4) is 0 Å². The number of benzene rings is 1. The number of nitrogens with zero attached hydrogens (tertiary/aromatic N) is 1. The van der Waals surface area contributed by atoms with Crippen LogP contribution < -0.4 is 22.1 Å². The first-order valence-electron chi connectivity index (χ1n) is 5.70. The van der Waals surface area contributed by atoms with Crippen LogP contribution >= 0.6 is 11.3 Å². The molecule has 0 fully saturated rings. The van der Waals surface area contributed by atoms with Crippen molar-refractivity contribution in [3.8, 4) is 0 Å². The van der Waals surface area contributed by atoms with E-state index in [-0.39, 0.29) is 5.56 Å². The number of pyridine rings is 1. The van der Waals surface area contributed by atoms with Crippen molar-refractivity contribution < 1.29 is 0 Å². The lowest BCUT2D eigenvalue weighted by atomic mass is 10.1. The second kappa shape index (κ2) is 3.81. The zero-order valence-electron chi connectivity index (χ0n) is 9.65. The molecule has 0 radical (unpaired) electrons. The number of fused-ring (bicyclic) bond motifs is 3. The van der Waals surface area contributed by atoms with Gasteiger partial charge in [-0.3, -0.25) is 10.2 Å². The van der Waals surface area contributed by atoms with Gasteiger partial charge in [-0.1, -0.05) is 12.1 Å². The molecule has 3 aromatic rings. The number of hydrazine groups is 2. The van der Waals surface area contributed by atoms with E-state index < -0.39 is 0 Å². The van der Waals surface area contributed by atoms with Crippen molar-refractivity contribution in [3.05, 3.63) is 45.6 Å². The summed E-state index contributed by atoms with van der Waals surface area (Å²) in [5.74, 6) is 0.689. The number of rotatable bonds is 1. The minimum atomic E-state index is -0.0570. The first kappa shape index (κ1) is 10.5. The van der Waals surface area contributed by atoms with Gasteiger partial charge < -0.3 is 4.98 Å². The average molecular weight is 271 g/mol. The Morgan fingerprint density at radius 3 is 2.95 bits per heavy atom. The molecule has 0 spiro atoms. The van der Waals surface area contributed by atoms with Gasteiger partial charge in [-0.15, -0.1) is 22.0 Å². The van der Waals surface area contributed by atoms with Crippen molar-refractivity contribution in [1.82, 2.24) is 21.5 Å². The van der Waals surface area contributed by atoms with E-state index in [0.717, 1.165) is 26.6 Å². The molecule has 19 heavy (non-hydrogen) atoms. The smallest absolute Gasteiger partial charge is 0.257 e. The van der Waals surface area contributed by atoms with Gasteiger partial charge in [0.15, 0.2) is 5.84 Å². The van der Waals surface area contributed by atoms with Crippen LogP contribution in [0.4, 0.5) is 0 Å². The van der Waals surface area contributed by atoms with Crippen molar-refractivity contribution in [2.75, 3.05) is 0 Å². The number of H-pyrrole nitrogens is 1. The van der Waals surface area contributed by atoms with Crippen molar-refractivity contribution in [1.29, 1.82) is 0 Å². The number of amidine groups is 1. The summed E-state index contributed by atoms with van der Waals surface area (Å²) >= 11 is 1.58. The number of hydrogen-bond donors (Lipinski definition) is 4. The van der Waals surface area contributed by atoms with Gasteiger partial charge in [-0.2, -0.15) is 0 Å².